The molecule has 3 N–H and O–H groups in total. The number of nitrogens with zero attached hydrogens (tertiary/aromatic N) is 4. The standard InChI is InChI=1S/C28H22ClN7O3/c1-17-22(25(29)36(35-17)19-12-6-3-7-13-19)16-30-33-28(39)24(31-26(37)18-10-4-2-5-11-18)23-20-14-8-9-15-21(20)27(38)34-32-23/h2-16,24H,1H3,(H,31,37)(H,33,39)(H,34,38)/b30-16-/t24-/m0/s1. The van der Waals surface area contributed by atoms with Crippen LogP contribution in [0.3, 0.4) is 0 Å². The average Bonchev–Trinajstić information content (AvgIpc) is 3.26. The number of carbonyl (C=O) groups is 2. The van der Waals surface area contributed by atoms with Gasteiger partial charge in [-0.05, 0) is 37.3 Å². The summed E-state index contributed by atoms with van der Waals surface area (Å²) in [4.78, 5) is 38.7. The van der Waals surface area contributed by atoms with Gasteiger partial charge < -0.3 is 5.32 Å². The van der Waals surface area contributed by atoms with Gasteiger partial charge in [-0.25, -0.2) is 15.2 Å². The number of hydrogen-bond donors (Lipinski definition) is 3. The second kappa shape index (κ2) is 11.1. The van der Waals surface area contributed by atoms with Gasteiger partial charge in [0.2, 0.25) is 0 Å². The molecule has 11 heteroatoms. The molecule has 10 nitrogen and oxygen atoms in total. The number of benzene rings is 3. The number of hydrazone groups is 1. The number of halogens is 1. The van der Waals surface area contributed by atoms with Crippen LogP contribution >= 0.6 is 11.6 Å². The van der Waals surface area contributed by atoms with E-state index >= 15 is 0 Å². The number of aryl methyl sites for hydroxylation is 1. The number of H-pyrrole nitrogens is 1. The topological polar surface area (TPSA) is 134 Å². The number of aromatic nitrogens is 4. The fraction of sp³-hybridized carbons (Fsp3) is 0.0714. The molecule has 0 aliphatic heterocycles. The first kappa shape index (κ1) is 25.6. The Balaban J connectivity index is 1.45. The zero-order valence-corrected chi connectivity index (χ0v) is 21.4. The summed E-state index contributed by atoms with van der Waals surface area (Å²) in [6.07, 6.45) is 1.39. The molecule has 0 radical (unpaired) electrons. The zero-order valence-electron chi connectivity index (χ0n) is 20.6. The molecule has 0 fully saturated rings. The Hall–Kier alpha value is -5.09. The Morgan fingerprint density at radius 1 is 0.974 bits per heavy atom. The molecule has 5 aromatic rings. The lowest BCUT2D eigenvalue weighted by Crippen LogP contribution is -2.40. The Kier molecular flexibility index (Phi) is 7.28. The second-order valence-corrected chi connectivity index (χ2v) is 8.89. The maximum atomic E-state index is 13.4. The van der Waals surface area contributed by atoms with Crippen molar-refractivity contribution in [3.8, 4) is 5.69 Å². The van der Waals surface area contributed by atoms with Gasteiger partial charge in [0, 0.05) is 10.9 Å². The van der Waals surface area contributed by atoms with Crippen molar-refractivity contribution < 1.29 is 9.59 Å². The maximum absolute atomic E-state index is 13.4. The van der Waals surface area contributed by atoms with Crippen molar-refractivity contribution in [2.75, 3.05) is 0 Å². The monoisotopic (exact) mass is 539 g/mol. The lowest BCUT2D eigenvalue weighted by molar-refractivity contribution is -0.123. The lowest BCUT2D eigenvalue weighted by Gasteiger charge is -2.18. The molecular weight excluding hydrogens is 518 g/mol. The summed E-state index contributed by atoms with van der Waals surface area (Å²) in [5, 5.41) is 18.8. The smallest absolute Gasteiger partial charge is 0.272 e. The van der Waals surface area contributed by atoms with Crippen molar-refractivity contribution in [3.05, 3.63) is 123 Å². The van der Waals surface area contributed by atoms with Gasteiger partial charge in [0.1, 0.15) is 10.8 Å². The number of fused-ring (bicyclic) bond motifs is 1. The van der Waals surface area contributed by atoms with E-state index in [4.69, 9.17) is 11.6 Å². The van der Waals surface area contributed by atoms with Gasteiger partial charge in [0.05, 0.1) is 28.5 Å². The van der Waals surface area contributed by atoms with Crippen LogP contribution in [0.1, 0.15) is 33.4 Å². The van der Waals surface area contributed by atoms with Gasteiger partial charge in [0.25, 0.3) is 17.4 Å². The van der Waals surface area contributed by atoms with Gasteiger partial charge in [-0.2, -0.15) is 15.3 Å². The highest BCUT2D eigenvalue weighted by Gasteiger charge is 2.27. The Morgan fingerprint density at radius 2 is 1.62 bits per heavy atom. The van der Waals surface area contributed by atoms with Gasteiger partial charge in [0.15, 0.2) is 6.04 Å². The van der Waals surface area contributed by atoms with Crippen molar-refractivity contribution in [2.45, 2.75) is 13.0 Å². The molecule has 2 aromatic heterocycles. The Bertz CT molecular complexity index is 1750. The van der Waals surface area contributed by atoms with E-state index in [9.17, 15) is 14.4 Å². The average molecular weight is 540 g/mol. The van der Waals surface area contributed by atoms with Crippen molar-refractivity contribution in [1.29, 1.82) is 0 Å². The predicted molar refractivity (Wildman–Crippen MR) is 148 cm³/mol. The molecule has 2 heterocycles. The predicted octanol–water partition coefficient (Wildman–Crippen LogP) is 3.69. The molecule has 0 bridgehead atoms. The molecule has 1 atom stereocenters. The largest absolute Gasteiger partial charge is 0.335 e. The van der Waals surface area contributed by atoms with Crippen molar-refractivity contribution in [3.63, 3.8) is 0 Å². The van der Waals surface area contributed by atoms with Crippen LogP contribution < -0.4 is 16.3 Å². The molecule has 0 aliphatic carbocycles. The molecule has 0 unspecified atom stereocenters. The fourth-order valence-electron chi connectivity index (χ4n) is 4.04. The Labute approximate surface area is 227 Å². The molecular formula is C28H22ClN7O3. The van der Waals surface area contributed by atoms with Crippen LogP contribution in [-0.4, -0.2) is 38.0 Å². The summed E-state index contributed by atoms with van der Waals surface area (Å²) in [5.41, 5.74) is 4.44. The van der Waals surface area contributed by atoms with E-state index in [0.717, 1.165) is 5.69 Å². The van der Waals surface area contributed by atoms with Gasteiger partial charge in [-0.15, -0.1) is 0 Å². The van der Waals surface area contributed by atoms with E-state index in [2.05, 4.69) is 31.1 Å². The summed E-state index contributed by atoms with van der Waals surface area (Å²) >= 11 is 6.55. The van der Waals surface area contributed by atoms with Crippen molar-refractivity contribution in [1.82, 2.24) is 30.7 Å². The molecule has 0 saturated heterocycles. The third-order valence-electron chi connectivity index (χ3n) is 5.99. The molecule has 3 aromatic carbocycles. The number of rotatable bonds is 7. The summed E-state index contributed by atoms with van der Waals surface area (Å²) in [5.74, 6) is -1.18. The number of hydrogen-bond acceptors (Lipinski definition) is 6. The normalized spacial score (nSPS) is 11.9. The van der Waals surface area contributed by atoms with Crippen molar-refractivity contribution >= 4 is 40.4 Å². The van der Waals surface area contributed by atoms with E-state index in [1.165, 1.54) is 6.21 Å². The Morgan fingerprint density at radius 3 is 2.33 bits per heavy atom. The summed E-state index contributed by atoms with van der Waals surface area (Å²) in [6, 6.07) is 23.2. The minimum absolute atomic E-state index is 0.160. The third kappa shape index (κ3) is 5.32. The third-order valence-corrected chi connectivity index (χ3v) is 6.35. The molecule has 0 saturated carbocycles. The maximum Gasteiger partial charge on any atom is 0.272 e. The van der Waals surface area contributed by atoms with E-state index in [1.54, 1.807) is 66.2 Å². The SMILES string of the molecule is Cc1nn(-c2ccccc2)c(Cl)c1/C=N\NC(=O)[C@@H](NC(=O)c1ccccc1)c1n[nH]c(=O)c2ccccc12. The number of nitrogens with one attached hydrogen (secondary N) is 3. The summed E-state index contributed by atoms with van der Waals surface area (Å²) in [6.45, 7) is 1.77. The quantitative estimate of drug-likeness (QED) is 0.214. The van der Waals surface area contributed by atoms with Crippen LogP contribution in [0.5, 0.6) is 0 Å². The molecule has 39 heavy (non-hydrogen) atoms. The number of amides is 2. The van der Waals surface area contributed by atoms with Crippen molar-refractivity contribution in [2.24, 2.45) is 5.10 Å². The molecule has 0 aliphatic rings. The highest BCUT2D eigenvalue weighted by atomic mass is 35.5. The second-order valence-electron chi connectivity index (χ2n) is 8.53. The minimum atomic E-state index is -1.28. The number of carbonyl (C=O) groups excluding carboxylic acids is 2. The van der Waals surface area contributed by atoms with E-state index in [-0.39, 0.29) is 5.69 Å². The van der Waals surface area contributed by atoms with Crippen LogP contribution in [0.15, 0.2) is 94.8 Å². The van der Waals surface area contributed by atoms with Crippen LogP contribution in [-0.2, 0) is 4.79 Å². The first-order valence-electron chi connectivity index (χ1n) is 11.9. The van der Waals surface area contributed by atoms with Gasteiger partial charge >= 0.3 is 0 Å². The number of para-hydroxylation sites is 1. The molecule has 194 valence electrons. The summed E-state index contributed by atoms with van der Waals surface area (Å²) < 4.78 is 1.57. The first-order chi connectivity index (χ1) is 18.9. The number of aromatic amines is 1. The highest BCUT2D eigenvalue weighted by Crippen LogP contribution is 2.23. The first-order valence-corrected chi connectivity index (χ1v) is 12.3. The fourth-order valence-corrected chi connectivity index (χ4v) is 4.36. The molecule has 0 spiro atoms. The van der Waals surface area contributed by atoms with Crippen LogP contribution in [0, 0.1) is 6.92 Å². The molecule has 2 amide bonds. The van der Waals surface area contributed by atoms with Gasteiger partial charge in [-0.3, -0.25) is 14.4 Å². The van der Waals surface area contributed by atoms with Crippen LogP contribution in [0.2, 0.25) is 5.15 Å². The van der Waals surface area contributed by atoms with Crippen LogP contribution in [0.4, 0.5) is 0 Å². The van der Waals surface area contributed by atoms with E-state index in [0.29, 0.717) is 32.7 Å². The molecule has 5 rings (SSSR count). The lowest BCUT2D eigenvalue weighted by atomic mass is 10.0. The van der Waals surface area contributed by atoms with Crippen LogP contribution in [0.25, 0.3) is 16.5 Å². The van der Waals surface area contributed by atoms with E-state index in [1.807, 2.05) is 30.3 Å². The van der Waals surface area contributed by atoms with E-state index < -0.39 is 23.4 Å². The summed E-state index contributed by atoms with van der Waals surface area (Å²) in [7, 11) is 0. The highest BCUT2D eigenvalue weighted by molar-refractivity contribution is 6.32. The zero-order chi connectivity index (χ0) is 27.4. The van der Waals surface area contributed by atoms with Gasteiger partial charge in [-0.1, -0.05) is 66.2 Å². The minimum Gasteiger partial charge on any atom is -0.335 e.